The predicted molar refractivity (Wildman–Crippen MR) is 124 cm³/mol. The number of nitrogen functional groups attached to an aromatic ring is 1. The summed E-state index contributed by atoms with van der Waals surface area (Å²) < 4.78 is 0. The molecule has 4 rings (SSSR count). The van der Waals surface area contributed by atoms with Crippen molar-refractivity contribution in [3.05, 3.63) is 77.6 Å². The third kappa shape index (κ3) is 5.12. The van der Waals surface area contributed by atoms with E-state index in [1.165, 1.54) is 11.9 Å². The zero-order valence-electron chi connectivity index (χ0n) is 17.7. The molecule has 2 heterocycles. The number of anilines is 3. The largest absolute Gasteiger partial charge is 0.393 e. The van der Waals surface area contributed by atoms with Crippen LogP contribution in [0.1, 0.15) is 34.3 Å². The lowest BCUT2D eigenvalue weighted by Crippen LogP contribution is -2.36. The van der Waals surface area contributed by atoms with Gasteiger partial charge < -0.3 is 10.6 Å². The molecular weight excluding hydrogens is 388 g/mol. The van der Waals surface area contributed by atoms with Gasteiger partial charge in [-0.2, -0.15) is 0 Å². The van der Waals surface area contributed by atoms with Gasteiger partial charge >= 0.3 is 0 Å². The maximum absolute atomic E-state index is 12.3. The number of hydrogen-bond acceptors (Lipinski definition) is 6. The van der Waals surface area contributed by atoms with Crippen LogP contribution in [-0.2, 0) is 6.42 Å². The molecule has 7 nitrogen and oxygen atoms in total. The lowest BCUT2D eigenvalue weighted by Gasteiger charge is -2.33. The number of nitrogens with zero attached hydrogens (tertiary/aromatic N) is 3. The summed E-state index contributed by atoms with van der Waals surface area (Å²) in [6, 6.07) is 18.0. The van der Waals surface area contributed by atoms with E-state index in [0.29, 0.717) is 28.8 Å². The summed E-state index contributed by atoms with van der Waals surface area (Å²) in [4.78, 5) is 23.1. The van der Waals surface area contributed by atoms with E-state index in [4.69, 9.17) is 5.73 Å². The first kappa shape index (κ1) is 20.7. The van der Waals surface area contributed by atoms with Crippen molar-refractivity contribution in [2.24, 2.45) is 5.92 Å². The van der Waals surface area contributed by atoms with Gasteiger partial charge in [-0.3, -0.25) is 15.6 Å². The minimum absolute atomic E-state index is 0.249. The highest BCUT2D eigenvalue weighted by atomic mass is 16.2. The monoisotopic (exact) mass is 416 g/mol. The zero-order valence-corrected chi connectivity index (χ0v) is 17.7. The number of piperidine rings is 1. The van der Waals surface area contributed by atoms with E-state index < -0.39 is 0 Å². The summed E-state index contributed by atoms with van der Waals surface area (Å²) in [5.41, 5.74) is 15.3. The molecule has 0 unspecified atom stereocenters. The fraction of sp³-hybridized carbons (Fsp3) is 0.292. The molecule has 1 aromatic heterocycles. The van der Waals surface area contributed by atoms with Crippen molar-refractivity contribution < 1.29 is 4.79 Å². The first-order chi connectivity index (χ1) is 15.1. The number of carbonyl (C=O) groups is 1. The van der Waals surface area contributed by atoms with Gasteiger partial charge in [0, 0.05) is 18.7 Å². The molecule has 1 fully saturated rings. The van der Waals surface area contributed by atoms with Crippen molar-refractivity contribution in [2.75, 3.05) is 29.1 Å². The van der Waals surface area contributed by atoms with Gasteiger partial charge in [-0.25, -0.2) is 9.97 Å². The third-order valence-corrected chi connectivity index (χ3v) is 5.75. The smallest absolute Gasteiger partial charge is 0.269 e. The summed E-state index contributed by atoms with van der Waals surface area (Å²) in [5.74, 6) is 1.52. The van der Waals surface area contributed by atoms with Crippen molar-refractivity contribution in [1.29, 1.82) is 0 Å². The number of nitrogens with one attached hydrogen (secondary N) is 2. The summed E-state index contributed by atoms with van der Waals surface area (Å²) in [5, 5.41) is 0. The van der Waals surface area contributed by atoms with Crippen LogP contribution in [0, 0.1) is 12.8 Å². The normalized spacial score (nSPS) is 14.3. The van der Waals surface area contributed by atoms with Crippen molar-refractivity contribution in [2.45, 2.75) is 26.2 Å². The lowest BCUT2D eigenvalue weighted by atomic mass is 9.90. The average molecular weight is 417 g/mol. The Hall–Kier alpha value is -3.61. The number of rotatable bonds is 6. The van der Waals surface area contributed by atoms with Gasteiger partial charge in [0.1, 0.15) is 12.0 Å². The highest BCUT2D eigenvalue weighted by Gasteiger charge is 2.23. The van der Waals surface area contributed by atoms with Crippen LogP contribution < -0.4 is 21.5 Å². The Morgan fingerprint density at radius 1 is 1.06 bits per heavy atom. The van der Waals surface area contributed by atoms with Crippen LogP contribution in [0.25, 0.3) is 0 Å². The van der Waals surface area contributed by atoms with Gasteiger partial charge in [-0.05, 0) is 49.8 Å². The Labute approximate surface area is 182 Å². The number of aromatic nitrogens is 2. The van der Waals surface area contributed by atoms with Gasteiger partial charge in [0.15, 0.2) is 11.6 Å². The van der Waals surface area contributed by atoms with Gasteiger partial charge in [-0.1, -0.05) is 48.0 Å². The van der Waals surface area contributed by atoms with Crippen LogP contribution in [0.4, 0.5) is 17.3 Å². The van der Waals surface area contributed by atoms with Crippen LogP contribution in [0.5, 0.6) is 0 Å². The third-order valence-electron chi connectivity index (χ3n) is 5.75. The van der Waals surface area contributed by atoms with Gasteiger partial charge in [-0.15, -0.1) is 0 Å². The molecule has 0 aliphatic carbocycles. The molecule has 31 heavy (non-hydrogen) atoms. The van der Waals surface area contributed by atoms with Crippen molar-refractivity contribution >= 4 is 23.2 Å². The summed E-state index contributed by atoms with van der Waals surface area (Å²) in [6.45, 7) is 3.77. The molecule has 7 heteroatoms. The number of carbonyl (C=O) groups excluding carboxylic acids is 1. The van der Waals surface area contributed by atoms with Crippen molar-refractivity contribution in [3.8, 4) is 0 Å². The van der Waals surface area contributed by atoms with Crippen molar-refractivity contribution in [1.82, 2.24) is 15.4 Å². The fourth-order valence-electron chi connectivity index (χ4n) is 3.93. The predicted octanol–water partition coefficient (Wildman–Crippen LogP) is 3.58. The van der Waals surface area contributed by atoms with E-state index in [-0.39, 0.29) is 5.91 Å². The molecule has 1 saturated heterocycles. The average Bonchev–Trinajstić information content (AvgIpc) is 2.80. The second-order valence-corrected chi connectivity index (χ2v) is 8.02. The zero-order chi connectivity index (χ0) is 21.6. The van der Waals surface area contributed by atoms with Gasteiger partial charge in [0.2, 0.25) is 0 Å². The van der Waals surface area contributed by atoms with Crippen LogP contribution >= 0.6 is 0 Å². The lowest BCUT2D eigenvalue weighted by molar-refractivity contribution is 0.0962. The highest BCUT2D eigenvalue weighted by molar-refractivity contribution is 5.95. The standard InChI is InChI=1S/C24H28N6O/c1-17-7-9-20(10-8-17)24(31)29-28-22-21(25)23(27-16-26-22)30-13-11-19(12-14-30)15-18-5-3-2-4-6-18/h2-10,16,19H,11-15,25H2,1H3,(H,29,31)(H,26,27,28). The van der Waals surface area contributed by atoms with Crippen molar-refractivity contribution in [3.63, 3.8) is 0 Å². The van der Waals surface area contributed by atoms with E-state index >= 15 is 0 Å². The van der Waals surface area contributed by atoms with E-state index in [2.05, 4.69) is 56.1 Å². The molecule has 1 amide bonds. The molecule has 0 bridgehead atoms. The number of nitrogens with two attached hydrogens (primary N) is 1. The highest BCUT2D eigenvalue weighted by Crippen LogP contribution is 2.30. The van der Waals surface area contributed by atoms with Crippen LogP contribution in [0.15, 0.2) is 60.9 Å². The SMILES string of the molecule is Cc1ccc(C(=O)NNc2ncnc(N3CCC(Cc4ccccc4)CC3)c2N)cc1. The van der Waals surface area contributed by atoms with E-state index in [1.54, 1.807) is 12.1 Å². The van der Waals surface area contributed by atoms with E-state index in [1.807, 2.05) is 19.1 Å². The number of hydrazine groups is 1. The molecule has 0 atom stereocenters. The molecule has 4 N–H and O–H groups in total. The van der Waals surface area contributed by atoms with E-state index in [9.17, 15) is 4.79 Å². The Morgan fingerprint density at radius 3 is 2.48 bits per heavy atom. The van der Waals surface area contributed by atoms with E-state index in [0.717, 1.165) is 37.9 Å². The van der Waals surface area contributed by atoms with Crippen LogP contribution in [-0.4, -0.2) is 29.0 Å². The quantitative estimate of drug-likeness (QED) is 0.532. The molecule has 0 spiro atoms. The molecule has 2 aromatic carbocycles. The second kappa shape index (κ2) is 9.47. The summed E-state index contributed by atoms with van der Waals surface area (Å²) in [6.07, 6.45) is 4.75. The van der Waals surface area contributed by atoms with Crippen LogP contribution in [0.3, 0.4) is 0 Å². The summed E-state index contributed by atoms with van der Waals surface area (Å²) >= 11 is 0. The minimum atomic E-state index is -0.249. The molecule has 160 valence electrons. The molecule has 1 aliphatic rings. The fourth-order valence-corrected chi connectivity index (χ4v) is 3.93. The Bertz CT molecular complexity index is 1010. The molecule has 0 radical (unpaired) electrons. The summed E-state index contributed by atoms with van der Waals surface area (Å²) in [7, 11) is 0. The first-order valence-corrected chi connectivity index (χ1v) is 10.6. The maximum Gasteiger partial charge on any atom is 0.269 e. The Balaban J connectivity index is 1.35. The number of amides is 1. The minimum Gasteiger partial charge on any atom is -0.393 e. The molecule has 1 aliphatic heterocycles. The van der Waals surface area contributed by atoms with Gasteiger partial charge in [0.05, 0.1) is 0 Å². The topological polar surface area (TPSA) is 96.2 Å². The number of benzene rings is 2. The second-order valence-electron chi connectivity index (χ2n) is 8.02. The molecule has 0 saturated carbocycles. The first-order valence-electron chi connectivity index (χ1n) is 10.6. The maximum atomic E-state index is 12.3. The van der Waals surface area contributed by atoms with Gasteiger partial charge in [0.25, 0.3) is 5.91 Å². The number of hydrogen-bond donors (Lipinski definition) is 3. The Morgan fingerprint density at radius 2 is 1.77 bits per heavy atom. The number of aryl methyl sites for hydroxylation is 1. The molecular formula is C24H28N6O. The molecule has 3 aromatic rings. The van der Waals surface area contributed by atoms with Crippen LogP contribution in [0.2, 0.25) is 0 Å². The Kier molecular flexibility index (Phi) is 6.31.